The van der Waals surface area contributed by atoms with Gasteiger partial charge in [0.25, 0.3) is 0 Å². The number of urea groups is 1. The highest BCUT2D eigenvalue weighted by Gasteiger charge is 2.20. The van der Waals surface area contributed by atoms with Crippen LogP contribution >= 0.6 is 32.1 Å². The van der Waals surface area contributed by atoms with Gasteiger partial charge in [0.2, 0.25) is 0 Å². The molecule has 0 bridgehead atoms. The van der Waals surface area contributed by atoms with E-state index in [1.165, 1.54) is 0 Å². The molecule has 2 aromatic carbocycles. The fourth-order valence-corrected chi connectivity index (χ4v) is 2.50. The lowest BCUT2D eigenvalue weighted by atomic mass is 10.0. The Bertz CT molecular complexity index is 695. The zero-order chi connectivity index (χ0) is 16.8. The maximum absolute atomic E-state index is 12.0. The fourth-order valence-electron chi connectivity index (χ4n) is 1.82. The highest BCUT2D eigenvalue weighted by molar-refractivity contribution is 9.10. The lowest BCUT2D eigenvalue weighted by molar-refractivity contribution is -0.150. The quantitative estimate of drug-likeness (QED) is 0.562. The molecule has 1 unspecified atom stereocenters. The topological polar surface area (TPSA) is 58.6 Å². The number of anilines is 1. The molecular formula is C16H14Br2N2O3. The highest BCUT2D eigenvalue weighted by Crippen LogP contribution is 2.22. The molecule has 0 fully saturated rings. The number of benzene rings is 2. The number of halogens is 2. The van der Waals surface area contributed by atoms with Gasteiger partial charge >= 0.3 is 12.0 Å². The molecule has 23 heavy (non-hydrogen) atoms. The zero-order valence-corrected chi connectivity index (χ0v) is 15.4. The molecule has 2 amide bonds. The Kier molecular flexibility index (Phi) is 6.18. The molecule has 1 N–H and O–H groups in total. The van der Waals surface area contributed by atoms with Crippen LogP contribution in [-0.4, -0.2) is 12.0 Å². The Labute approximate surface area is 151 Å². The van der Waals surface area contributed by atoms with Crippen molar-refractivity contribution in [3.05, 3.63) is 64.6 Å². The van der Waals surface area contributed by atoms with E-state index in [1.54, 1.807) is 25.1 Å². The Hall–Kier alpha value is -1.86. The Morgan fingerprint density at radius 1 is 1.13 bits per heavy atom. The van der Waals surface area contributed by atoms with Crippen LogP contribution in [0.4, 0.5) is 10.5 Å². The second kappa shape index (κ2) is 8.12. The summed E-state index contributed by atoms with van der Waals surface area (Å²) in [4.78, 5) is 28.8. The van der Waals surface area contributed by atoms with Crippen molar-refractivity contribution in [1.82, 2.24) is 5.48 Å². The van der Waals surface area contributed by atoms with E-state index in [4.69, 9.17) is 4.84 Å². The maximum Gasteiger partial charge on any atom is 0.365 e. The average Bonchev–Trinajstić information content (AvgIpc) is 2.58. The number of nitrogens with zero attached hydrogens (tertiary/aromatic N) is 1. The van der Waals surface area contributed by atoms with Crippen LogP contribution in [0.5, 0.6) is 0 Å². The predicted molar refractivity (Wildman–Crippen MR) is 95.0 cm³/mol. The Morgan fingerprint density at radius 2 is 1.83 bits per heavy atom. The van der Waals surface area contributed by atoms with Crippen molar-refractivity contribution in [1.29, 1.82) is 0 Å². The minimum Gasteiger partial charge on any atom is -0.339 e. The second-order valence-electron chi connectivity index (χ2n) is 4.72. The van der Waals surface area contributed by atoms with Gasteiger partial charge in [-0.2, -0.15) is 5.48 Å². The van der Waals surface area contributed by atoms with Crippen molar-refractivity contribution >= 4 is 49.8 Å². The predicted octanol–water partition coefficient (Wildman–Crippen LogP) is 4.54. The number of rotatable bonds is 3. The van der Waals surface area contributed by atoms with Gasteiger partial charge in [-0.1, -0.05) is 52.3 Å². The van der Waals surface area contributed by atoms with E-state index in [0.29, 0.717) is 5.69 Å². The van der Waals surface area contributed by atoms with Crippen molar-refractivity contribution in [3.63, 3.8) is 0 Å². The van der Waals surface area contributed by atoms with Crippen molar-refractivity contribution in [3.8, 4) is 0 Å². The summed E-state index contributed by atoms with van der Waals surface area (Å²) in [5, 5.41) is 0. The van der Waals surface area contributed by atoms with Gasteiger partial charge in [-0.3, -0.25) is 0 Å². The summed E-state index contributed by atoms with van der Waals surface area (Å²) in [6.07, 6.45) is 0. The summed E-state index contributed by atoms with van der Waals surface area (Å²) in [6, 6.07) is 15.7. The Morgan fingerprint density at radius 3 is 2.48 bits per heavy atom. The molecule has 0 heterocycles. The van der Waals surface area contributed by atoms with Gasteiger partial charge in [-0.05, 0) is 30.7 Å². The minimum atomic E-state index is -0.614. The highest BCUT2D eigenvalue weighted by atomic mass is 79.9. The molecule has 0 aliphatic carbocycles. The number of hydrogen-bond acceptors (Lipinski definition) is 3. The first-order valence-electron chi connectivity index (χ1n) is 6.76. The zero-order valence-electron chi connectivity index (χ0n) is 12.2. The molecule has 2 aromatic rings. The number of carbonyl (C=O) groups excluding carboxylic acids is 2. The SMILES string of the molecule is CC(C(=O)ONC(=O)N(Br)c1cccc(Br)c1)c1ccccc1. The van der Waals surface area contributed by atoms with Gasteiger partial charge in [0.1, 0.15) is 0 Å². The summed E-state index contributed by atoms with van der Waals surface area (Å²) in [5.74, 6) is -1.02. The van der Waals surface area contributed by atoms with Crippen LogP contribution < -0.4 is 9.41 Å². The third-order valence-electron chi connectivity index (χ3n) is 3.11. The largest absolute Gasteiger partial charge is 0.365 e. The van der Waals surface area contributed by atoms with Gasteiger partial charge in [-0.15, -0.1) is 0 Å². The minimum absolute atomic E-state index is 0.480. The maximum atomic E-state index is 12.0. The molecule has 2 rings (SSSR count). The van der Waals surface area contributed by atoms with E-state index in [-0.39, 0.29) is 0 Å². The number of hydroxylamine groups is 1. The molecule has 0 saturated heterocycles. The van der Waals surface area contributed by atoms with E-state index < -0.39 is 17.9 Å². The summed E-state index contributed by atoms with van der Waals surface area (Å²) >= 11 is 6.45. The van der Waals surface area contributed by atoms with E-state index >= 15 is 0 Å². The van der Waals surface area contributed by atoms with Crippen LogP contribution in [0.3, 0.4) is 0 Å². The number of carbonyl (C=O) groups is 2. The van der Waals surface area contributed by atoms with E-state index in [2.05, 4.69) is 37.6 Å². The third kappa shape index (κ3) is 4.80. The van der Waals surface area contributed by atoms with Crippen molar-refractivity contribution in [2.75, 3.05) is 3.93 Å². The van der Waals surface area contributed by atoms with Crippen molar-refractivity contribution < 1.29 is 14.4 Å². The molecule has 0 aromatic heterocycles. The summed E-state index contributed by atoms with van der Waals surface area (Å²) in [5.41, 5.74) is 3.53. The van der Waals surface area contributed by atoms with E-state index in [1.807, 2.05) is 36.4 Å². The summed E-state index contributed by atoms with van der Waals surface area (Å²) < 4.78 is 1.99. The lowest BCUT2D eigenvalue weighted by Gasteiger charge is -2.16. The molecule has 0 saturated carbocycles. The van der Waals surface area contributed by atoms with Gasteiger partial charge in [-0.25, -0.2) is 13.5 Å². The number of nitrogens with one attached hydrogen (secondary N) is 1. The third-order valence-corrected chi connectivity index (χ3v) is 4.33. The number of amides is 2. The van der Waals surface area contributed by atoms with Crippen LogP contribution in [0.2, 0.25) is 0 Å². The molecule has 5 nitrogen and oxygen atoms in total. The van der Waals surface area contributed by atoms with Crippen LogP contribution in [0.15, 0.2) is 59.1 Å². The first-order chi connectivity index (χ1) is 11.0. The fraction of sp³-hybridized carbons (Fsp3) is 0.125. The molecule has 120 valence electrons. The standard InChI is InChI=1S/C16H14Br2N2O3/c1-11(12-6-3-2-4-7-12)15(21)23-19-16(22)20(18)14-9-5-8-13(17)10-14/h2-11H,1H3,(H,19,22). The van der Waals surface area contributed by atoms with Gasteiger partial charge < -0.3 is 4.84 Å². The van der Waals surface area contributed by atoms with E-state index in [9.17, 15) is 9.59 Å². The van der Waals surface area contributed by atoms with Gasteiger partial charge in [0.15, 0.2) is 0 Å². The van der Waals surface area contributed by atoms with Crippen LogP contribution in [0.1, 0.15) is 18.4 Å². The van der Waals surface area contributed by atoms with Crippen LogP contribution in [0.25, 0.3) is 0 Å². The molecule has 0 aliphatic heterocycles. The first kappa shape index (κ1) is 17.5. The molecule has 0 radical (unpaired) electrons. The monoisotopic (exact) mass is 440 g/mol. The molecule has 0 spiro atoms. The average molecular weight is 442 g/mol. The second-order valence-corrected chi connectivity index (χ2v) is 6.35. The van der Waals surface area contributed by atoms with Gasteiger partial charge in [0, 0.05) is 4.47 Å². The smallest absolute Gasteiger partial charge is 0.339 e. The van der Waals surface area contributed by atoms with Crippen LogP contribution in [-0.2, 0) is 9.63 Å². The van der Waals surface area contributed by atoms with Crippen molar-refractivity contribution in [2.45, 2.75) is 12.8 Å². The summed E-state index contributed by atoms with van der Waals surface area (Å²) in [6.45, 7) is 1.71. The molecular weight excluding hydrogens is 428 g/mol. The number of hydrogen-bond donors (Lipinski definition) is 1. The normalized spacial score (nSPS) is 11.4. The molecule has 0 aliphatic rings. The Balaban J connectivity index is 1.92. The summed E-state index contributed by atoms with van der Waals surface area (Å²) in [7, 11) is 0. The van der Waals surface area contributed by atoms with Crippen molar-refractivity contribution in [2.24, 2.45) is 0 Å². The van der Waals surface area contributed by atoms with Gasteiger partial charge in [0.05, 0.1) is 27.8 Å². The molecule has 1 atom stereocenters. The molecule has 7 heteroatoms. The lowest BCUT2D eigenvalue weighted by Crippen LogP contribution is -2.36. The first-order valence-corrected chi connectivity index (χ1v) is 8.26. The van der Waals surface area contributed by atoms with E-state index in [0.717, 1.165) is 14.0 Å². The van der Waals surface area contributed by atoms with Crippen LogP contribution in [0, 0.1) is 0 Å².